The molecule has 20 heavy (non-hydrogen) atoms. The molecule has 110 valence electrons. The van der Waals surface area contributed by atoms with Gasteiger partial charge in [-0.1, -0.05) is 25.8 Å². The fraction of sp³-hybridized carbons (Fsp3) is 0.706. The lowest BCUT2D eigenvalue weighted by Crippen LogP contribution is -2.21. The second-order valence-electron chi connectivity index (χ2n) is 6.48. The van der Waals surface area contributed by atoms with Gasteiger partial charge in [0.15, 0.2) is 0 Å². The Hall–Kier alpha value is -0.930. The summed E-state index contributed by atoms with van der Waals surface area (Å²) in [5.41, 5.74) is 2.20. The molecule has 0 aliphatic heterocycles. The van der Waals surface area contributed by atoms with Gasteiger partial charge < -0.3 is 10.1 Å². The first-order valence-electron chi connectivity index (χ1n) is 8.09. The molecule has 2 atom stereocenters. The van der Waals surface area contributed by atoms with Crippen molar-refractivity contribution in [3.8, 4) is 0 Å². The highest BCUT2D eigenvalue weighted by atomic mass is 16.5. The van der Waals surface area contributed by atoms with Gasteiger partial charge in [-0.25, -0.2) is 0 Å². The zero-order valence-corrected chi connectivity index (χ0v) is 12.5. The molecule has 0 saturated heterocycles. The molecule has 1 heterocycles. The molecule has 2 fully saturated rings. The molecule has 1 aromatic rings. The summed E-state index contributed by atoms with van der Waals surface area (Å²) in [7, 11) is 0. The lowest BCUT2D eigenvalue weighted by atomic mass is 9.89. The Kier molecular flexibility index (Phi) is 4.69. The number of hydrogen-bond donors (Lipinski definition) is 1. The normalized spacial score (nSPS) is 26.6. The summed E-state index contributed by atoms with van der Waals surface area (Å²) in [6.07, 6.45) is 8.18. The standard InChI is InChI=1S/C17H26N2O/c1-13-4-2-7-17(10-13)20-12-16-6-3-5-15(19-16)11-18-14-8-9-14/h3,5-6,13-14,17-18H,2,4,7-12H2,1H3. The van der Waals surface area contributed by atoms with E-state index in [2.05, 4.69) is 35.4 Å². The molecule has 0 radical (unpaired) electrons. The number of ether oxygens (including phenoxy) is 1. The van der Waals surface area contributed by atoms with E-state index < -0.39 is 0 Å². The average Bonchev–Trinajstić information content (AvgIpc) is 3.28. The third kappa shape index (κ3) is 4.29. The van der Waals surface area contributed by atoms with Gasteiger partial charge in [0, 0.05) is 12.6 Å². The molecule has 0 amide bonds. The number of nitrogens with one attached hydrogen (secondary N) is 1. The van der Waals surface area contributed by atoms with E-state index in [1.807, 2.05) is 0 Å². The summed E-state index contributed by atoms with van der Waals surface area (Å²) >= 11 is 0. The molecule has 0 spiro atoms. The van der Waals surface area contributed by atoms with E-state index in [1.54, 1.807) is 0 Å². The molecule has 1 N–H and O–H groups in total. The number of rotatable bonds is 6. The van der Waals surface area contributed by atoms with Gasteiger partial charge in [-0.2, -0.15) is 0 Å². The van der Waals surface area contributed by atoms with Crippen LogP contribution in [0.3, 0.4) is 0 Å². The molecule has 1 aromatic heterocycles. The number of aromatic nitrogens is 1. The van der Waals surface area contributed by atoms with Crippen molar-refractivity contribution in [2.75, 3.05) is 0 Å². The first-order chi connectivity index (χ1) is 9.79. The molecule has 0 bridgehead atoms. The van der Waals surface area contributed by atoms with Gasteiger partial charge in [-0.05, 0) is 43.7 Å². The Morgan fingerprint density at radius 2 is 2.05 bits per heavy atom. The molecule has 2 aliphatic carbocycles. The van der Waals surface area contributed by atoms with Crippen molar-refractivity contribution in [3.63, 3.8) is 0 Å². The van der Waals surface area contributed by atoms with Gasteiger partial charge in [-0.3, -0.25) is 4.98 Å². The van der Waals surface area contributed by atoms with Crippen LogP contribution in [0.2, 0.25) is 0 Å². The van der Waals surface area contributed by atoms with Gasteiger partial charge in [0.2, 0.25) is 0 Å². The van der Waals surface area contributed by atoms with E-state index in [9.17, 15) is 0 Å². The summed E-state index contributed by atoms with van der Waals surface area (Å²) in [5.74, 6) is 0.816. The Morgan fingerprint density at radius 3 is 2.85 bits per heavy atom. The number of pyridine rings is 1. The highest BCUT2D eigenvalue weighted by molar-refractivity contribution is 5.11. The maximum Gasteiger partial charge on any atom is 0.0891 e. The summed E-state index contributed by atoms with van der Waals surface area (Å²) in [5, 5.41) is 3.51. The number of hydrogen-bond acceptors (Lipinski definition) is 3. The van der Waals surface area contributed by atoms with E-state index in [4.69, 9.17) is 4.74 Å². The van der Waals surface area contributed by atoms with Crippen LogP contribution < -0.4 is 5.32 Å². The highest BCUT2D eigenvalue weighted by Gasteiger charge is 2.21. The van der Waals surface area contributed by atoms with E-state index >= 15 is 0 Å². The molecular formula is C17H26N2O. The van der Waals surface area contributed by atoms with Crippen LogP contribution in [0.4, 0.5) is 0 Å². The molecule has 2 unspecified atom stereocenters. The van der Waals surface area contributed by atoms with Crippen LogP contribution in [-0.4, -0.2) is 17.1 Å². The average molecular weight is 274 g/mol. The summed E-state index contributed by atoms with van der Waals surface area (Å²) in [6.45, 7) is 3.88. The first kappa shape index (κ1) is 14.0. The Bertz CT molecular complexity index is 431. The third-order valence-electron chi connectivity index (χ3n) is 4.37. The Labute approximate surface area is 122 Å². The largest absolute Gasteiger partial charge is 0.372 e. The maximum atomic E-state index is 6.05. The van der Waals surface area contributed by atoms with E-state index in [0.717, 1.165) is 29.9 Å². The molecule has 3 heteroatoms. The van der Waals surface area contributed by atoms with Gasteiger partial charge in [-0.15, -0.1) is 0 Å². The monoisotopic (exact) mass is 274 g/mol. The lowest BCUT2D eigenvalue weighted by molar-refractivity contribution is 0.00315. The Morgan fingerprint density at radius 1 is 1.20 bits per heavy atom. The highest BCUT2D eigenvalue weighted by Crippen LogP contribution is 2.26. The minimum Gasteiger partial charge on any atom is -0.372 e. The van der Waals surface area contributed by atoms with Crippen LogP contribution in [0, 0.1) is 5.92 Å². The topological polar surface area (TPSA) is 34.1 Å². The zero-order chi connectivity index (χ0) is 13.8. The van der Waals surface area contributed by atoms with Crippen molar-refractivity contribution in [2.45, 2.75) is 70.7 Å². The van der Waals surface area contributed by atoms with E-state index in [-0.39, 0.29) is 0 Å². The van der Waals surface area contributed by atoms with Crippen molar-refractivity contribution in [3.05, 3.63) is 29.6 Å². The van der Waals surface area contributed by atoms with Crippen LogP contribution in [0.1, 0.15) is 56.8 Å². The fourth-order valence-corrected chi connectivity index (χ4v) is 2.98. The van der Waals surface area contributed by atoms with Crippen molar-refractivity contribution in [1.29, 1.82) is 0 Å². The third-order valence-corrected chi connectivity index (χ3v) is 4.37. The van der Waals surface area contributed by atoms with Gasteiger partial charge in [0.05, 0.1) is 24.1 Å². The van der Waals surface area contributed by atoms with E-state index in [1.165, 1.54) is 38.5 Å². The summed E-state index contributed by atoms with van der Waals surface area (Å²) < 4.78 is 6.05. The SMILES string of the molecule is CC1CCCC(OCc2cccc(CNC3CC3)n2)C1. The van der Waals surface area contributed by atoms with Crippen LogP contribution in [0.15, 0.2) is 18.2 Å². The molecular weight excluding hydrogens is 248 g/mol. The van der Waals surface area contributed by atoms with Crippen molar-refractivity contribution < 1.29 is 4.74 Å². The fourth-order valence-electron chi connectivity index (χ4n) is 2.98. The maximum absolute atomic E-state index is 6.05. The minimum atomic E-state index is 0.439. The van der Waals surface area contributed by atoms with Crippen molar-refractivity contribution in [2.24, 2.45) is 5.92 Å². The molecule has 0 aromatic carbocycles. The van der Waals surface area contributed by atoms with Crippen LogP contribution in [0.25, 0.3) is 0 Å². The quantitative estimate of drug-likeness (QED) is 0.863. The van der Waals surface area contributed by atoms with Crippen molar-refractivity contribution in [1.82, 2.24) is 10.3 Å². The molecule has 2 saturated carbocycles. The molecule has 3 nitrogen and oxygen atoms in total. The van der Waals surface area contributed by atoms with Crippen LogP contribution in [0.5, 0.6) is 0 Å². The molecule has 2 aliphatic rings. The smallest absolute Gasteiger partial charge is 0.0891 e. The second-order valence-corrected chi connectivity index (χ2v) is 6.48. The predicted molar refractivity (Wildman–Crippen MR) is 80.3 cm³/mol. The summed E-state index contributed by atoms with van der Waals surface area (Å²) in [6, 6.07) is 7.01. The predicted octanol–water partition coefficient (Wildman–Crippen LogP) is 3.43. The van der Waals surface area contributed by atoms with Crippen LogP contribution in [-0.2, 0) is 17.9 Å². The first-order valence-corrected chi connectivity index (χ1v) is 8.09. The van der Waals surface area contributed by atoms with Gasteiger partial charge in [0.1, 0.15) is 0 Å². The summed E-state index contributed by atoms with van der Waals surface area (Å²) in [4.78, 5) is 4.69. The van der Waals surface area contributed by atoms with Crippen LogP contribution >= 0.6 is 0 Å². The van der Waals surface area contributed by atoms with Crippen molar-refractivity contribution >= 4 is 0 Å². The number of nitrogens with zero attached hydrogens (tertiary/aromatic N) is 1. The van der Waals surface area contributed by atoms with Gasteiger partial charge in [0.25, 0.3) is 0 Å². The zero-order valence-electron chi connectivity index (χ0n) is 12.5. The lowest BCUT2D eigenvalue weighted by Gasteiger charge is -2.26. The van der Waals surface area contributed by atoms with E-state index in [0.29, 0.717) is 12.7 Å². The van der Waals surface area contributed by atoms with Gasteiger partial charge >= 0.3 is 0 Å². The molecule has 3 rings (SSSR count). The Balaban J connectivity index is 1.47. The second kappa shape index (κ2) is 6.68. The minimum absolute atomic E-state index is 0.439.